The Bertz CT molecular complexity index is 918. The molecule has 0 saturated carbocycles. The minimum Gasteiger partial charge on any atom is -0.504 e. The van der Waals surface area contributed by atoms with Gasteiger partial charge >= 0.3 is 5.56 Å². The first-order chi connectivity index (χ1) is 12.8. The quantitative estimate of drug-likeness (QED) is 0.150. The van der Waals surface area contributed by atoms with E-state index in [0.717, 1.165) is 4.68 Å². The smallest absolute Gasteiger partial charge is 0.306 e. The van der Waals surface area contributed by atoms with E-state index in [1.165, 1.54) is 26.0 Å². The number of hydrogen-bond donors (Lipinski definition) is 9. The van der Waals surface area contributed by atoms with Crippen LogP contribution >= 0.6 is 0 Å². The molecule has 0 amide bonds. The SMILES string of the molecule is CN(C)CC(O)(O)OC(c1c(O)c(O)c(O)c(O)c1O)c1c(O)c(=O)[nH]n1C. The molecule has 1 atom stereocenters. The van der Waals surface area contributed by atoms with Crippen molar-refractivity contribution in [1.29, 1.82) is 0 Å². The average Bonchev–Trinajstić information content (AvgIpc) is 2.81. The van der Waals surface area contributed by atoms with Crippen LogP contribution in [0.15, 0.2) is 4.79 Å². The van der Waals surface area contributed by atoms with Crippen molar-refractivity contribution in [1.82, 2.24) is 14.7 Å². The molecule has 1 heterocycles. The number of H-pyrrole nitrogens is 1. The molecule has 0 aliphatic rings. The first-order valence-corrected chi connectivity index (χ1v) is 7.72. The summed E-state index contributed by atoms with van der Waals surface area (Å²) in [4.78, 5) is 13.0. The van der Waals surface area contributed by atoms with Gasteiger partial charge < -0.3 is 50.5 Å². The molecule has 28 heavy (non-hydrogen) atoms. The molecule has 13 nitrogen and oxygen atoms in total. The van der Waals surface area contributed by atoms with E-state index in [2.05, 4.69) is 5.10 Å². The van der Waals surface area contributed by atoms with E-state index in [1.54, 1.807) is 0 Å². The maximum Gasteiger partial charge on any atom is 0.306 e. The largest absolute Gasteiger partial charge is 0.504 e. The number of rotatable bonds is 6. The second-order valence-electron chi connectivity index (χ2n) is 6.37. The average molecular weight is 403 g/mol. The van der Waals surface area contributed by atoms with Gasteiger partial charge in [-0.2, -0.15) is 0 Å². The fraction of sp³-hybridized carbons (Fsp3) is 0.400. The summed E-state index contributed by atoms with van der Waals surface area (Å²) in [5.74, 6) is -10.1. The fourth-order valence-electron chi connectivity index (χ4n) is 2.68. The van der Waals surface area contributed by atoms with Gasteiger partial charge in [-0.05, 0) is 14.1 Å². The molecule has 0 fully saturated rings. The number of aromatic hydroxyl groups is 6. The molecule has 13 heteroatoms. The van der Waals surface area contributed by atoms with Gasteiger partial charge in [0.1, 0.15) is 11.8 Å². The Labute approximate surface area is 157 Å². The van der Waals surface area contributed by atoms with Gasteiger partial charge in [-0.25, -0.2) is 0 Å². The summed E-state index contributed by atoms with van der Waals surface area (Å²) >= 11 is 0. The van der Waals surface area contributed by atoms with E-state index in [-0.39, 0.29) is 0 Å². The maximum atomic E-state index is 11.7. The predicted octanol–water partition coefficient (Wildman–Crippen LogP) is -1.75. The van der Waals surface area contributed by atoms with E-state index < -0.39 is 69.9 Å². The zero-order valence-electron chi connectivity index (χ0n) is 15.1. The minimum atomic E-state index is -2.95. The number of hydrogen-bond acceptors (Lipinski definition) is 11. The van der Waals surface area contributed by atoms with Gasteiger partial charge in [-0.1, -0.05) is 0 Å². The number of nitrogens with one attached hydrogen (secondary N) is 1. The van der Waals surface area contributed by atoms with E-state index in [0.29, 0.717) is 0 Å². The lowest BCUT2D eigenvalue weighted by molar-refractivity contribution is -0.354. The maximum absolute atomic E-state index is 11.7. The van der Waals surface area contributed by atoms with Gasteiger partial charge in [-0.3, -0.25) is 14.6 Å². The van der Waals surface area contributed by atoms with Gasteiger partial charge in [0.15, 0.2) is 11.5 Å². The third-order valence-corrected chi connectivity index (χ3v) is 3.84. The predicted molar refractivity (Wildman–Crippen MR) is 91.1 cm³/mol. The zero-order valence-corrected chi connectivity index (χ0v) is 15.1. The van der Waals surface area contributed by atoms with Crippen molar-refractivity contribution < 1.29 is 45.6 Å². The third kappa shape index (κ3) is 3.63. The van der Waals surface area contributed by atoms with Crippen LogP contribution in [0.25, 0.3) is 0 Å². The first-order valence-electron chi connectivity index (χ1n) is 7.72. The number of aliphatic hydroxyl groups is 2. The highest BCUT2D eigenvalue weighted by Gasteiger charge is 2.40. The van der Waals surface area contributed by atoms with Crippen LogP contribution in [0.3, 0.4) is 0 Å². The number of phenolic OH excluding ortho intramolecular Hbond substituents is 5. The number of likely N-dealkylation sites (N-methyl/N-ethyl adjacent to an activating group) is 1. The van der Waals surface area contributed by atoms with Crippen LogP contribution in [0.5, 0.6) is 34.5 Å². The summed E-state index contributed by atoms with van der Waals surface area (Å²) in [5.41, 5.74) is -2.36. The van der Waals surface area contributed by atoms with Crippen molar-refractivity contribution in [2.45, 2.75) is 12.1 Å². The Morgan fingerprint density at radius 3 is 1.82 bits per heavy atom. The Morgan fingerprint density at radius 2 is 1.43 bits per heavy atom. The molecule has 1 aromatic carbocycles. The van der Waals surface area contributed by atoms with Crippen molar-refractivity contribution in [3.63, 3.8) is 0 Å². The Balaban J connectivity index is 2.79. The Kier molecular flexibility index (Phi) is 5.39. The lowest BCUT2D eigenvalue weighted by Crippen LogP contribution is -2.43. The zero-order chi connectivity index (χ0) is 21.5. The number of aryl methyl sites for hydroxylation is 1. The molecule has 0 spiro atoms. The minimum absolute atomic E-state index is 0.494. The highest BCUT2D eigenvalue weighted by atomic mass is 16.8. The van der Waals surface area contributed by atoms with Crippen molar-refractivity contribution >= 4 is 0 Å². The second-order valence-corrected chi connectivity index (χ2v) is 6.37. The monoisotopic (exact) mass is 403 g/mol. The van der Waals surface area contributed by atoms with Crippen LogP contribution < -0.4 is 5.56 Å². The number of phenols is 5. The summed E-state index contributed by atoms with van der Waals surface area (Å²) in [6.45, 7) is -0.528. The summed E-state index contributed by atoms with van der Waals surface area (Å²) < 4.78 is 6.01. The van der Waals surface area contributed by atoms with Crippen molar-refractivity contribution in [2.75, 3.05) is 20.6 Å². The summed E-state index contributed by atoms with van der Waals surface area (Å²) in [5, 5.41) is 81.9. The number of nitrogens with zero attached hydrogens (tertiary/aromatic N) is 2. The van der Waals surface area contributed by atoms with Crippen molar-refractivity contribution in [3.05, 3.63) is 21.6 Å². The number of aromatic nitrogens is 2. The van der Waals surface area contributed by atoms with Crippen LogP contribution in [0.4, 0.5) is 0 Å². The molecular weight excluding hydrogens is 382 g/mol. The molecule has 156 valence electrons. The van der Waals surface area contributed by atoms with Gasteiger partial charge in [0, 0.05) is 7.05 Å². The first kappa shape index (κ1) is 21.2. The van der Waals surface area contributed by atoms with Gasteiger partial charge in [0.2, 0.25) is 23.0 Å². The van der Waals surface area contributed by atoms with Crippen LogP contribution in [-0.4, -0.2) is 82.1 Å². The van der Waals surface area contributed by atoms with Crippen LogP contribution in [-0.2, 0) is 11.8 Å². The van der Waals surface area contributed by atoms with Gasteiger partial charge in [0.25, 0.3) is 5.97 Å². The van der Waals surface area contributed by atoms with E-state index >= 15 is 0 Å². The summed E-state index contributed by atoms with van der Waals surface area (Å²) in [7, 11) is 4.16. The molecular formula is C15H21N3O10. The van der Waals surface area contributed by atoms with Gasteiger partial charge in [-0.15, -0.1) is 0 Å². The summed E-state index contributed by atoms with van der Waals surface area (Å²) in [6.07, 6.45) is -2.00. The lowest BCUT2D eigenvalue weighted by Gasteiger charge is -2.31. The van der Waals surface area contributed by atoms with Crippen LogP contribution in [0.2, 0.25) is 0 Å². The Hall–Kier alpha value is -3.13. The molecule has 1 unspecified atom stereocenters. The number of benzene rings is 1. The molecule has 2 aromatic rings. The molecule has 0 aliphatic carbocycles. The highest BCUT2D eigenvalue weighted by Crippen LogP contribution is 2.55. The fourth-order valence-corrected chi connectivity index (χ4v) is 2.68. The molecule has 0 radical (unpaired) electrons. The summed E-state index contributed by atoms with van der Waals surface area (Å²) in [6, 6.07) is 0. The molecule has 2 rings (SSSR count). The van der Waals surface area contributed by atoms with E-state index in [9.17, 15) is 45.6 Å². The van der Waals surface area contributed by atoms with Crippen LogP contribution in [0, 0.1) is 0 Å². The molecule has 0 bridgehead atoms. The number of aromatic amines is 1. The molecule has 1 aromatic heterocycles. The second kappa shape index (κ2) is 7.12. The normalized spacial score (nSPS) is 13.2. The van der Waals surface area contributed by atoms with Crippen LogP contribution in [0.1, 0.15) is 17.4 Å². The third-order valence-electron chi connectivity index (χ3n) is 3.84. The van der Waals surface area contributed by atoms with Crippen molar-refractivity contribution in [3.8, 4) is 34.5 Å². The standard InChI is InChI=1S/C15H21N3O10/c1-17(2)4-15(26,27)28-13(6-9(21)14(25)16-18(6)3)5-7(19)10(22)12(24)11(23)8(5)20/h13,19-24,26-27H,4H2,1-3H3,(H,16,25). The van der Waals surface area contributed by atoms with Gasteiger partial charge in [0.05, 0.1) is 12.1 Å². The Morgan fingerprint density at radius 1 is 0.964 bits per heavy atom. The molecule has 9 N–H and O–H groups in total. The lowest BCUT2D eigenvalue weighted by atomic mass is 10.0. The van der Waals surface area contributed by atoms with E-state index in [1.807, 2.05) is 0 Å². The molecule has 0 saturated heterocycles. The topological polar surface area (TPSA) is 212 Å². The number of ether oxygens (including phenoxy) is 1. The van der Waals surface area contributed by atoms with Crippen molar-refractivity contribution in [2.24, 2.45) is 7.05 Å². The highest BCUT2D eigenvalue weighted by molar-refractivity contribution is 5.69. The van der Waals surface area contributed by atoms with E-state index in [4.69, 9.17) is 4.74 Å². The molecule has 0 aliphatic heterocycles.